The highest BCUT2D eigenvalue weighted by Crippen LogP contribution is 2.36. The largest absolute Gasteiger partial charge is 0.496 e. The van der Waals surface area contributed by atoms with Gasteiger partial charge in [-0.3, -0.25) is 9.36 Å². The number of rotatable bonds is 11. The van der Waals surface area contributed by atoms with Crippen molar-refractivity contribution < 1.29 is 28.5 Å². The molecule has 10 heteroatoms. The van der Waals surface area contributed by atoms with Gasteiger partial charge in [0.1, 0.15) is 18.4 Å². The molecule has 206 valence electrons. The number of benzene rings is 2. The minimum atomic E-state index is -0.796. The van der Waals surface area contributed by atoms with E-state index < -0.39 is 12.0 Å². The highest BCUT2D eigenvalue weighted by molar-refractivity contribution is 7.07. The third kappa shape index (κ3) is 5.76. The molecular formula is C29H32N2O7S. The van der Waals surface area contributed by atoms with Crippen molar-refractivity contribution in [3.05, 3.63) is 84.5 Å². The topological polar surface area (TPSA) is 97.6 Å². The highest BCUT2D eigenvalue weighted by atomic mass is 32.1. The molecule has 39 heavy (non-hydrogen) atoms. The molecule has 2 heterocycles. The Balaban J connectivity index is 1.93. The van der Waals surface area contributed by atoms with Crippen LogP contribution < -0.4 is 29.1 Å². The van der Waals surface area contributed by atoms with Gasteiger partial charge in [0.25, 0.3) is 5.56 Å². The average Bonchev–Trinajstić information content (AvgIpc) is 3.25. The normalized spacial score (nSPS) is 15.0. The van der Waals surface area contributed by atoms with Crippen LogP contribution in [0.15, 0.2) is 63.5 Å². The fourth-order valence-corrected chi connectivity index (χ4v) is 5.41. The van der Waals surface area contributed by atoms with Crippen molar-refractivity contribution in [2.75, 3.05) is 41.2 Å². The zero-order valence-electron chi connectivity index (χ0n) is 22.7. The molecule has 1 aromatic heterocycles. The van der Waals surface area contributed by atoms with Crippen LogP contribution in [0.3, 0.4) is 0 Å². The van der Waals surface area contributed by atoms with Gasteiger partial charge in [-0.15, -0.1) is 0 Å². The fourth-order valence-electron chi connectivity index (χ4n) is 4.37. The SMILES string of the molecule is CCCOc1c(C=c2sc3n(c2=O)C(c2ccccc2OC)C(C(=O)OCCOC)=C(C)N=3)cccc1OC. The van der Waals surface area contributed by atoms with Gasteiger partial charge in [0.05, 0.1) is 43.2 Å². The van der Waals surface area contributed by atoms with Gasteiger partial charge in [-0.1, -0.05) is 48.6 Å². The van der Waals surface area contributed by atoms with Gasteiger partial charge in [-0.05, 0) is 31.6 Å². The number of methoxy groups -OCH3 is 3. The lowest BCUT2D eigenvalue weighted by molar-refractivity contribution is -0.140. The predicted molar refractivity (Wildman–Crippen MR) is 148 cm³/mol. The van der Waals surface area contributed by atoms with E-state index in [0.717, 1.165) is 6.42 Å². The van der Waals surface area contributed by atoms with Gasteiger partial charge in [0, 0.05) is 18.2 Å². The second kappa shape index (κ2) is 12.8. The number of hydrogen-bond donors (Lipinski definition) is 0. The Kier molecular flexibility index (Phi) is 9.21. The fraction of sp³-hybridized carbons (Fsp3) is 0.345. The lowest BCUT2D eigenvalue weighted by atomic mass is 9.95. The van der Waals surface area contributed by atoms with Crippen LogP contribution in [-0.4, -0.2) is 51.7 Å². The van der Waals surface area contributed by atoms with Crippen LogP contribution in [0.2, 0.25) is 0 Å². The molecule has 1 aliphatic rings. The van der Waals surface area contributed by atoms with Crippen LogP contribution in [-0.2, 0) is 14.3 Å². The minimum absolute atomic E-state index is 0.0750. The first-order chi connectivity index (χ1) is 18.9. The zero-order valence-corrected chi connectivity index (χ0v) is 23.5. The number of esters is 1. The lowest BCUT2D eigenvalue weighted by Gasteiger charge is -2.26. The first kappa shape index (κ1) is 28.1. The molecule has 0 saturated carbocycles. The number of fused-ring (bicyclic) bond motifs is 1. The van der Waals surface area contributed by atoms with E-state index in [1.807, 2.05) is 43.3 Å². The molecule has 9 nitrogen and oxygen atoms in total. The van der Waals surface area contributed by atoms with Gasteiger partial charge in [0.15, 0.2) is 16.3 Å². The van der Waals surface area contributed by atoms with E-state index in [0.29, 0.717) is 50.0 Å². The molecule has 0 fully saturated rings. The Bertz CT molecular complexity index is 1550. The molecule has 0 aliphatic carbocycles. The number of aromatic nitrogens is 1. The summed E-state index contributed by atoms with van der Waals surface area (Å²) in [5.74, 6) is 1.11. The number of ether oxygens (including phenoxy) is 5. The number of para-hydroxylation sites is 2. The van der Waals surface area contributed by atoms with E-state index in [2.05, 4.69) is 4.99 Å². The van der Waals surface area contributed by atoms with Crippen molar-refractivity contribution in [1.82, 2.24) is 4.57 Å². The summed E-state index contributed by atoms with van der Waals surface area (Å²) in [7, 11) is 4.66. The molecule has 1 atom stereocenters. The van der Waals surface area contributed by atoms with Crippen LogP contribution >= 0.6 is 11.3 Å². The average molecular weight is 553 g/mol. The van der Waals surface area contributed by atoms with E-state index in [1.54, 1.807) is 33.3 Å². The standard InChI is InChI=1S/C29H32N2O7S/c1-6-14-37-26-19(10-9-13-22(26)36-5)17-23-27(32)31-25(20-11-7-8-12-21(20)35-4)24(18(2)30-29(31)39-23)28(33)38-16-15-34-3/h7-13,17,25H,6,14-16H2,1-5H3. The summed E-state index contributed by atoms with van der Waals surface area (Å²) in [5, 5.41) is 0. The van der Waals surface area contributed by atoms with E-state index in [-0.39, 0.29) is 24.3 Å². The summed E-state index contributed by atoms with van der Waals surface area (Å²) in [6.45, 7) is 4.59. The van der Waals surface area contributed by atoms with E-state index >= 15 is 0 Å². The van der Waals surface area contributed by atoms with Crippen molar-refractivity contribution in [1.29, 1.82) is 0 Å². The smallest absolute Gasteiger partial charge is 0.338 e. The maximum atomic E-state index is 14.0. The third-order valence-corrected chi connectivity index (χ3v) is 7.15. The van der Waals surface area contributed by atoms with Crippen LogP contribution in [0.25, 0.3) is 6.08 Å². The molecule has 0 N–H and O–H groups in total. The van der Waals surface area contributed by atoms with Gasteiger partial charge >= 0.3 is 5.97 Å². The molecule has 0 bridgehead atoms. The number of nitrogens with zero attached hydrogens (tertiary/aromatic N) is 2. The highest BCUT2D eigenvalue weighted by Gasteiger charge is 2.35. The van der Waals surface area contributed by atoms with Gasteiger partial charge in [0.2, 0.25) is 0 Å². The van der Waals surface area contributed by atoms with E-state index in [9.17, 15) is 9.59 Å². The van der Waals surface area contributed by atoms with E-state index in [4.69, 9.17) is 23.7 Å². The maximum absolute atomic E-state index is 14.0. The van der Waals surface area contributed by atoms with Crippen LogP contribution in [0.4, 0.5) is 0 Å². The second-order valence-electron chi connectivity index (χ2n) is 8.68. The quantitative estimate of drug-likeness (QED) is 0.266. The van der Waals surface area contributed by atoms with Crippen molar-refractivity contribution in [2.24, 2.45) is 4.99 Å². The zero-order chi connectivity index (χ0) is 27.9. The molecule has 1 aliphatic heterocycles. The number of carbonyl (C=O) groups is 1. The first-order valence-electron chi connectivity index (χ1n) is 12.6. The molecule has 0 saturated heterocycles. The van der Waals surface area contributed by atoms with E-state index in [1.165, 1.54) is 23.0 Å². The summed E-state index contributed by atoms with van der Waals surface area (Å²) >= 11 is 1.24. The minimum Gasteiger partial charge on any atom is -0.496 e. The number of allylic oxidation sites excluding steroid dienone is 1. The summed E-state index contributed by atoms with van der Waals surface area (Å²) < 4.78 is 29.6. The Morgan fingerprint density at radius 1 is 1.03 bits per heavy atom. The molecular weight excluding hydrogens is 520 g/mol. The summed E-state index contributed by atoms with van der Waals surface area (Å²) in [4.78, 5) is 32.4. The summed E-state index contributed by atoms with van der Waals surface area (Å²) in [6, 6.07) is 12.0. The monoisotopic (exact) mass is 552 g/mol. The maximum Gasteiger partial charge on any atom is 0.338 e. The molecule has 0 radical (unpaired) electrons. The van der Waals surface area contributed by atoms with Crippen LogP contribution in [0, 0.1) is 0 Å². The van der Waals surface area contributed by atoms with Crippen LogP contribution in [0.5, 0.6) is 17.2 Å². The summed E-state index contributed by atoms with van der Waals surface area (Å²) in [5.41, 5.74) is 1.79. The Labute approximate surface area is 230 Å². The Hall–Kier alpha value is -3.89. The molecule has 0 amide bonds. The first-order valence-corrected chi connectivity index (χ1v) is 13.4. The molecule has 4 rings (SSSR count). The second-order valence-corrected chi connectivity index (χ2v) is 9.69. The Morgan fingerprint density at radius 3 is 2.49 bits per heavy atom. The predicted octanol–water partition coefficient (Wildman–Crippen LogP) is 3.23. The summed E-state index contributed by atoms with van der Waals surface area (Å²) in [6.07, 6.45) is 2.59. The van der Waals surface area contributed by atoms with Gasteiger partial charge in [-0.2, -0.15) is 0 Å². The molecule has 2 aromatic carbocycles. The Morgan fingerprint density at radius 2 is 1.77 bits per heavy atom. The van der Waals surface area contributed by atoms with Crippen molar-refractivity contribution in [2.45, 2.75) is 26.3 Å². The van der Waals surface area contributed by atoms with Crippen LogP contribution in [0.1, 0.15) is 37.4 Å². The number of hydrogen-bond acceptors (Lipinski definition) is 9. The number of thiazole rings is 1. The van der Waals surface area contributed by atoms with Crippen molar-refractivity contribution in [3.8, 4) is 17.2 Å². The lowest BCUT2D eigenvalue weighted by Crippen LogP contribution is -2.40. The van der Waals surface area contributed by atoms with Crippen molar-refractivity contribution >= 4 is 23.4 Å². The third-order valence-electron chi connectivity index (χ3n) is 6.16. The molecule has 3 aromatic rings. The molecule has 0 spiro atoms. The van der Waals surface area contributed by atoms with Gasteiger partial charge < -0.3 is 23.7 Å². The number of carbonyl (C=O) groups excluding carboxylic acids is 1. The molecule has 1 unspecified atom stereocenters. The van der Waals surface area contributed by atoms with Gasteiger partial charge in [-0.25, -0.2) is 9.79 Å². The van der Waals surface area contributed by atoms with Crippen molar-refractivity contribution in [3.63, 3.8) is 0 Å².